The van der Waals surface area contributed by atoms with Gasteiger partial charge in [0.2, 0.25) is 17.8 Å². The molecule has 3 N–H and O–H groups in total. The Balaban J connectivity index is 0.000000197. The Bertz CT molecular complexity index is 5920. The Kier molecular flexibility index (Phi) is 35.4. The Morgan fingerprint density at radius 3 is 0.818 bits per heavy atom. The molecule has 45 heteroatoms. The number of anilines is 3. The number of piperidine rings is 3. The standard InChI is InChI=1S/C36H43F6N5O4.C34H39F6N5O4.C33H39F6N5O4/c1-6-27-15-29(16-28(7-2)47(27)33(50)51-30-13-24(14-30)34(3,4)31(48)49)46(32-43-17-23(18-44-32)22-8-9-45(5)20-22)19-21-10-25(35(37,38)39)12-26(11-21)36(40,41)42;1-4-26-14-28(15-27(5-2)45(26)32(48)49-29-10-20(11-29)12-30(46)47)44(31-41-16-23(17-42-31)22-6-7-43(3)19-22)18-21-8-24(33(35,36)37)13-25(9-21)34(38,39)40;1-6-25-13-27(14-26(7-2)44(25)30(47)48-19-31(3,4)28(45)46)43(29-40-15-22(16-41-29)21-8-9-42(5)18-21)17-20-10-23(32(34,35)36)12-24(11-20)33(37,38)39/h8-12,17-18,20,24,27-30H,6-7,13-16,19H2,1-5H3,(H,48,49);6-9,13,16-17,19-20,26-29H,4-5,10-12,14-15,18H2,1-3H3,(H,46,47);8-12,15-16,18,25-27H,6-7,13-14,17,19H2,1-5H3,(H,45,46)/t24?,27-,28+,29?,30?;20?,26-,27+,28?,29?;25-,26+,27?. The molecule has 27 nitrogen and oxygen atoms in total. The molecule has 3 aliphatic heterocycles. The van der Waals surface area contributed by atoms with Gasteiger partial charge in [0.25, 0.3) is 0 Å². The Morgan fingerprint density at radius 1 is 0.351 bits per heavy atom. The van der Waals surface area contributed by atoms with E-state index in [1.54, 1.807) is 80.4 Å². The molecule has 0 bridgehead atoms. The molecule has 5 fully saturated rings. The molecular formula is C103H121F18N15O12. The minimum atomic E-state index is -5.02. The summed E-state index contributed by atoms with van der Waals surface area (Å²) in [4.78, 5) is 112. The van der Waals surface area contributed by atoms with E-state index in [2.05, 4.69) is 29.9 Å². The summed E-state index contributed by atoms with van der Waals surface area (Å²) in [5.74, 6) is -2.78. The van der Waals surface area contributed by atoms with E-state index in [0.29, 0.717) is 119 Å². The fourth-order valence-electron chi connectivity index (χ4n) is 19.9. The van der Waals surface area contributed by atoms with Crippen LogP contribution in [0.3, 0.4) is 0 Å². The summed E-state index contributed by atoms with van der Waals surface area (Å²) >= 11 is 0. The summed E-state index contributed by atoms with van der Waals surface area (Å²) in [6.45, 7) is 16.0. The van der Waals surface area contributed by atoms with Crippen molar-refractivity contribution in [3.8, 4) is 33.4 Å². The number of halogens is 18. The van der Waals surface area contributed by atoms with Gasteiger partial charge in [0.05, 0.1) is 44.2 Å². The van der Waals surface area contributed by atoms with Crippen LogP contribution in [0.25, 0.3) is 33.4 Å². The average Bonchev–Trinajstić information content (AvgIpc) is 0.864. The van der Waals surface area contributed by atoms with Gasteiger partial charge in [-0.05, 0) is 232 Å². The zero-order chi connectivity index (χ0) is 109. The zero-order valence-corrected chi connectivity index (χ0v) is 83.7. The number of aliphatic carboxylic acids is 3. The maximum absolute atomic E-state index is 13.8. The van der Waals surface area contributed by atoms with Crippen LogP contribution in [0.2, 0.25) is 0 Å². The number of carbonyl (C=O) groups is 6. The number of ether oxygens (including phenoxy) is 3. The lowest BCUT2D eigenvalue weighted by Crippen LogP contribution is -2.58. The fourth-order valence-corrected chi connectivity index (χ4v) is 19.9. The van der Waals surface area contributed by atoms with Gasteiger partial charge in [-0.2, -0.15) is 79.0 Å². The summed E-state index contributed by atoms with van der Waals surface area (Å²) in [5.41, 5.74) is -6.90. The lowest BCUT2D eigenvalue weighted by molar-refractivity contribution is -0.156. The van der Waals surface area contributed by atoms with Gasteiger partial charge >= 0.3 is 73.2 Å². The Morgan fingerprint density at radius 2 is 0.601 bits per heavy atom. The number of aromatic nitrogens is 9. The van der Waals surface area contributed by atoms with Gasteiger partial charge in [-0.15, -0.1) is 0 Å². The first-order valence-corrected chi connectivity index (χ1v) is 48.8. The number of rotatable bonds is 30. The predicted molar refractivity (Wildman–Crippen MR) is 509 cm³/mol. The van der Waals surface area contributed by atoms with Crippen molar-refractivity contribution in [1.82, 2.24) is 58.3 Å². The second-order valence-corrected chi connectivity index (χ2v) is 40.0. The normalized spacial score (nSPS) is 21.5. The summed E-state index contributed by atoms with van der Waals surface area (Å²) in [6.07, 6.45) is -5.55. The molecule has 3 amide bonds. The number of hydrogen-bond acceptors (Lipinski definition) is 18. The third kappa shape index (κ3) is 28.0. The number of benzene rings is 3. The fraction of sp³-hybridized carbons (Fsp3) is 0.534. The van der Waals surface area contributed by atoms with Crippen LogP contribution in [0.1, 0.15) is 228 Å². The van der Waals surface area contributed by atoms with Gasteiger partial charge in [0, 0.05) is 209 Å². The van der Waals surface area contributed by atoms with Crippen LogP contribution in [-0.2, 0) is 106 Å². The molecule has 0 spiro atoms. The minimum absolute atomic E-state index is 0.00912. The highest BCUT2D eigenvalue weighted by atomic mass is 19.4. The SMILES string of the molecule is CC[C@@H]1CC(N(Cc2cc(C(F)(F)F)cc(C(F)(F)F)c2)c2ncc(-c3ccn(C)c3)cn2)C[C@H](CC)N1C(=O)OC1CC(C(C)(C)C(=O)O)C1.CC[C@@H]1CC(N(Cc2cc(C(F)(F)F)cc(C(F)(F)F)c2)c2ncc(-c3ccn(C)c3)cn2)C[C@H](CC)N1C(=O)OC1CC(CC(=O)O)C1.CC[C@@H]1CC(N(Cc2cc(C(F)(F)F)cc(C(F)(F)F)c2)c2ncc(-c3ccn(C)c3)cn2)C[C@H](CC)N1C(=O)OCC(C)(C)C(=O)O. The number of carbonyl (C=O) groups excluding carboxylic acids is 3. The Labute approximate surface area is 843 Å². The van der Waals surface area contributed by atoms with Crippen LogP contribution in [-0.4, -0.2) is 183 Å². The van der Waals surface area contributed by atoms with Gasteiger partial charge in [0.15, 0.2) is 0 Å². The number of hydrogen-bond donors (Lipinski definition) is 3. The largest absolute Gasteiger partial charge is 0.481 e. The highest BCUT2D eigenvalue weighted by Gasteiger charge is 2.52. The number of nitrogens with zero attached hydrogens (tertiary/aromatic N) is 15. The van der Waals surface area contributed by atoms with Gasteiger partial charge in [0.1, 0.15) is 18.8 Å². The average molecular weight is 2100 g/mol. The maximum Gasteiger partial charge on any atom is 0.416 e. The molecule has 0 radical (unpaired) electrons. The molecule has 9 aromatic rings. The third-order valence-corrected chi connectivity index (χ3v) is 28.6. The van der Waals surface area contributed by atoms with Crippen molar-refractivity contribution < 1.29 is 137 Å². The van der Waals surface area contributed by atoms with E-state index in [-0.39, 0.29) is 140 Å². The lowest BCUT2D eigenvalue weighted by Gasteiger charge is -2.49. The second-order valence-electron chi connectivity index (χ2n) is 40.0. The number of amides is 3. The number of alkyl halides is 18. The summed E-state index contributed by atoms with van der Waals surface area (Å²) < 4.78 is 271. The van der Waals surface area contributed by atoms with Crippen LogP contribution in [0.5, 0.6) is 0 Å². The predicted octanol–water partition coefficient (Wildman–Crippen LogP) is 24.3. The first-order valence-electron chi connectivity index (χ1n) is 48.8. The number of likely N-dealkylation sites (tertiary alicyclic amines) is 3. The number of aryl methyl sites for hydroxylation is 3. The van der Waals surface area contributed by atoms with E-state index in [0.717, 1.165) is 41.0 Å². The highest BCUT2D eigenvalue weighted by Crippen LogP contribution is 2.48. The summed E-state index contributed by atoms with van der Waals surface area (Å²) in [6, 6.07) is 6.43. The van der Waals surface area contributed by atoms with Crippen LogP contribution in [0, 0.1) is 22.7 Å². The van der Waals surface area contributed by atoms with E-state index in [1.807, 2.05) is 132 Å². The Hall–Kier alpha value is -12.9. The van der Waals surface area contributed by atoms with Gasteiger partial charge in [-0.25, -0.2) is 44.3 Å². The molecule has 14 rings (SSSR count). The molecule has 806 valence electrons. The van der Waals surface area contributed by atoms with E-state index in [1.165, 1.54) is 13.8 Å². The molecule has 148 heavy (non-hydrogen) atoms. The second kappa shape index (κ2) is 46.1. The van der Waals surface area contributed by atoms with Crippen molar-refractivity contribution in [2.24, 2.45) is 43.8 Å². The van der Waals surface area contributed by atoms with Crippen LogP contribution in [0.4, 0.5) is 111 Å². The number of carboxylic acid groups (broad SMARTS) is 3. The first-order chi connectivity index (χ1) is 69.2. The maximum atomic E-state index is 13.8. The van der Waals surface area contributed by atoms with Gasteiger partial charge < -0.3 is 72.6 Å². The molecule has 2 aliphatic carbocycles. The van der Waals surface area contributed by atoms with E-state index in [9.17, 15) is 118 Å². The zero-order valence-electron chi connectivity index (χ0n) is 83.7. The van der Waals surface area contributed by atoms with E-state index >= 15 is 0 Å². The van der Waals surface area contributed by atoms with E-state index < -0.39 is 154 Å². The topological polar surface area (TPSA) is 302 Å². The monoisotopic (exact) mass is 2100 g/mol. The molecule has 3 aromatic carbocycles. The van der Waals surface area contributed by atoms with Crippen LogP contribution < -0.4 is 14.7 Å². The van der Waals surface area contributed by atoms with Gasteiger partial charge in [-0.1, -0.05) is 41.5 Å². The molecule has 9 heterocycles. The van der Waals surface area contributed by atoms with Crippen LogP contribution in [0.15, 0.2) is 147 Å². The molecule has 6 aromatic heterocycles. The smallest absolute Gasteiger partial charge is 0.416 e. The van der Waals surface area contributed by atoms with Gasteiger partial charge in [-0.3, -0.25) is 14.4 Å². The van der Waals surface area contributed by atoms with Crippen molar-refractivity contribution in [2.75, 3.05) is 21.3 Å². The molecule has 2 saturated carbocycles. The first kappa shape index (κ1) is 114. The number of carboxylic acids is 3. The van der Waals surface area contributed by atoms with Crippen molar-refractivity contribution in [3.05, 3.63) is 197 Å². The summed E-state index contributed by atoms with van der Waals surface area (Å²) in [5, 5.41) is 28.0. The van der Waals surface area contributed by atoms with Crippen molar-refractivity contribution in [2.45, 2.75) is 302 Å². The molecular weight excluding hydrogens is 1980 g/mol. The molecule has 5 aliphatic rings. The summed E-state index contributed by atoms with van der Waals surface area (Å²) in [7, 11) is 5.54. The van der Waals surface area contributed by atoms with Crippen molar-refractivity contribution in [3.63, 3.8) is 0 Å². The molecule has 9 atom stereocenters. The van der Waals surface area contributed by atoms with Crippen molar-refractivity contribution >= 4 is 54.0 Å². The van der Waals surface area contributed by atoms with E-state index in [4.69, 9.17) is 19.3 Å². The quantitative estimate of drug-likeness (QED) is 0.0278. The minimum Gasteiger partial charge on any atom is -0.481 e. The highest BCUT2D eigenvalue weighted by molar-refractivity contribution is 5.76. The molecule has 3 saturated heterocycles. The van der Waals surface area contributed by atoms with Crippen molar-refractivity contribution in [1.29, 1.82) is 0 Å². The lowest BCUT2D eigenvalue weighted by atomic mass is 9.66. The molecule has 3 unspecified atom stereocenters. The third-order valence-electron chi connectivity index (χ3n) is 28.6. The van der Waals surface area contributed by atoms with Crippen LogP contribution >= 0.6 is 0 Å².